The molecule has 15 aromatic rings. The van der Waals surface area contributed by atoms with E-state index in [1.165, 1.54) is 150 Å². The van der Waals surface area contributed by atoms with Gasteiger partial charge in [0.25, 0.3) is 0 Å². The van der Waals surface area contributed by atoms with Gasteiger partial charge in [-0.25, -0.2) is 0 Å². The predicted molar refractivity (Wildman–Crippen MR) is 290 cm³/mol. The molecule has 0 saturated carbocycles. The lowest BCUT2D eigenvalue weighted by atomic mass is 9.86. The van der Waals surface area contributed by atoms with Crippen LogP contribution in [0.25, 0.3) is 139 Å². The Hall–Kier alpha value is -6.98. The highest BCUT2D eigenvalue weighted by Gasteiger charge is 2.27. The Morgan fingerprint density at radius 3 is 1.11 bits per heavy atom. The lowest BCUT2D eigenvalue weighted by Crippen LogP contribution is -2.10. The molecule has 0 bridgehead atoms. The Bertz CT molecular complexity index is 4260. The molecule has 314 valence electrons. The van der Waals surface area contributed by atoms with E-state index < -0.39 is 0 Å². The van der Waals surface area contributed by atoms with Gasteiger partial charge in [0.2, 0.25) is 0 Å². The molecular weight excluding hydrogens is 837 g/mol. The smallest absolute Gasteiger partial charge is 0.0627 e. The summed E-state index contributed by atoms with van der Waals surface area (Å²) in [5.41, 5.74) is 15.7. The fourth-order valence-electron chi connectivity index (χ4n) is 11.8. The van der Waals surface area contributed by atoms with Crippen molar-refractivity contribution in [2.45, 2.75) is 52.4 Å². The minimum Gasteiger partial charge on any atom is -0.308 e. The summed E-state index contributed by atoms with van der Waals surface area (Å²) in [4.78, 5) is 0. The number of rotatable bonds is 2. The Kier molecular flexibility index (Phi) is 7.04. The first-order valence-electron chi connectivity index (χ1n) is 23.2. The van der Waals surface area contributed by atoms with Gasteiger partial charge in [0, 0.05) is 83.4 Å². The third kappa shape index (κ3) is 4.80. The van der Waals surface area contributed by atoms with E-state index >= 15 is 0 Å². The van der Waals surface area contributed by atoms with Crippen LogP contribution in [0.4, 0.5) is 0 Å². The zero-order chi connectivity index (χ0) is 44.1. The van der Waals surface area contributed by atoms with Crippen LogP contribution in [0.3, 0.4) is 0 Å². The van der Waals surface area contributed by atoms with Gasteiger partial charge in [0.1, 0.15) is 0 Å². The lowest BCUT2D eigenvalue weighted by Gasteiger charge is -2.19. The van der Waals surface area contributed by atoms with Crippen molar-refractivity contribution in [3.63, 3.8) is 0 Å². The van der Waals surface area contributed by atoms with Gasteiger partial charge in [-0.2, -0.15) is 0 Å². The molecule has 0 saturated heterocycles. The molecule has 0 amide bonds. The molecule has 0 spiro atoms. The summed E-state index contributed by atoms with van der Waals surface area (Å²) in [5.74, 6) is 0. The van der Waals surface area contributed by atoms with Crippen molar-refractivity contribution in [1.82, 2.24) is 8.80 Å². The summed E-state index contributed by atoms with van der Waals surface area (Å²) < 4.78 is 10.6. The van der Waals surface area contributed by atoms with E-state index in [9.17, 15) is 0 Å². The maximum Gasteiger partial charge on any atom is 0.0627 e. The van der Waals surface area contributed by atoms with Crippen molar-refractivity contribution >= 4 is 139 Å². The van der Waals surface area contributed by atoms with Gasteiger partial charge in [0.05, 0.1) is 33.1 Å². The number of nitrogens with zero attached hydrogens (tertiary/aromatic N) is 2. The van der Waals surface area contributed by atoms with Gasteiger partial charge >= 0.3 is 0 Å². The molecular formula is C62H44N2S2. The monoisotopic (exact) mass is 880 g/mol. The van der Waals surface area contributed by atoms with Crippen LogP contribution in [-0.2, 0) is 10.8 Å². The van der Waals surface area contributed by atoms with Crippen LogP contribution in [0.5, 0.6) is 0 Å². The van der Waals surface area contributed by atoms with Crippen LogP contribution in [0.1, 0.15) is 52.7 Å². The molecule has 0 radical (unpaired) electrons. The fraction of sp³-hybridized carbons (Fsp3) is 0.129. The SMILES string of the molecule is CC(C)(C)c1ccc(-c2ccc3c(c2)c2c4c(cc5c6cc7c(cc6n3c52)c2cc3sc5ccccc5c3c3c5cc(-c6ccc(C(C)(C)C)cc6)ccc5n7c23)sc2ccccc24)cc1. The van der Waals surface area contributed by atoms with Crippen LogP contribution < -0.4 is 0 Å². The number of benzene rings is 9. The van der Waals surface area contributed by atoms with Gasteiger partial charge in [-0.15, -0.1) is 22.7 Å². The first-order chi connectivity index (χ1) is 32.0. The maximum absolute atomic E-state index is 2.60. The van der Waals surface area contributed by atoms with Crippen molar-refractivity contribution in [3.8, 4) is 22.3 Å². The number of fused-ring (bicyclic) bond motifs is 20. The van der Waals surface area contributed by atoms with Crippen LogP contribution in [0.2, 0.25) is 0 Å². The largest absolute Gasteiger partial charge is 0.308 e. The van der Waals surface area contributed by atoms with Gasteiger partial charge < -0.3 is 8.80 Å². The topological polar surface area (TPSA) is 8.82 Å². The first kappa shape index (κ1) is 37.3. The molecule has 6 heterocycles. The molecule has 0 aliphatic carbocycles. The zero-order valence-corrected chi connectivity index (χ0v) is 39.4. The summed E-state index contributed by atoms with van der Waals surface area (Å²) in [6.07, 6.45) is 0. The molecule has 66 heavy (non-hydrogen) atoms. The first-order valence-corrected chi connectivity index (χ1v) is 24.9. The highest BCUT2D eigenvalue weighted by atomic mass is 32.1. The third-order valence-corrected chi connectivity index (χ3v) is 17.3. The fourth-order valence-corrected chi connectivity index (χ4v) is 14.1. The molecule has 2 nitrogen and oxygen atoms in total. The van der Waals surface area contributed by atoms with E-state index in [4.69, 9.17) is 0 Å². The molecule has 0 unspecified atom stereocenters. The summed E-state index contributed by atoms with van der Waals surface area (Å²) in [6, 6.07) is 61.0. The third-order valence-electron chi connectivity index (χ3n) is 15.1. The van der Waals surface area contributed by atoms with Crippen molar-refractivity contribution in [2.24, 2.45) is 0 Å². The van der Waals surface area contributed by atoms with Crippen molar-refractivity contribution in [2.75, 3.05) is 0 Å². The standard InChI is InChI=1S/C62H44N2S2/c1-61(2,3)37-21-15-33(16-22-37)35-19-25-47-45(27-35)57-55-39-11-7-9-13-51(39)65-53(55)31-43-41-30-50-42(29-49(41)63(47)59(43)57)44-32-54-56(40-12-8-10-14-52(40)66-54)58-46-28-36(20-26-48(46)64(50)60(44)58)34-17-23-38(24-18-34)62(4,5)6/h7-32H,1-6H3. The molecule has 9 aromatic carbocycles. The predicted octanol–water partition coefficient (Wildman–Crippen LogP) is 18.7. The van der Waals surface area contributed by atoms with Crippen molar-refractivity contribution in [1.29, 1.82) is 0 Å². The Labute approximate surface area is 389 Å². The van der Waals surface area contributed by atoms with Gasteiger partial charge in [-0.3, -0.25) is 0 Å². The van der Waals surface area contributed by atoms with Gasteiger partial charge in [0.15, 0.2) is 0 Å². The zero-order valence-electron chi connectivity index (χ0n) is 37.7. The molecule has 6 aromatic heterocycles. The normalized spacial score (nSPS) is 13.3. The molecule has 0 atom stereocenters. The summed E-state index contributed by atoms with van der Waals surface area (Å²) in [6.45, 7) is 13.7. The van der Waals surface area contributed by atoms with Crippen molar-refractivity contribution < 1.29 is 0 Å². The number of hydrogen-bond acceptors (Lipinski definition) is 2. The second-order valence-electron chi connectivity index (χ2n) is 20.9. The second-order valence-corrected chi connectivity index (χ2v) is 23.1. The Morgan fingerprint density at radius 1 is 0.303 bits per heavy atom. The minimum absolute atomic E-state index is 0.108. The van der Waals surface area contributed by atoms with Crippen LogP contribution in [-0.4, -0.2) is 8.80 Å². The van der Waals surface area contributed by atoms with Gasteiger partial charge in [-0.1, -0.05) is 139 Å². The summed E-state index contributed by atoms with van der Waals surface area (Å²) >= 11 is 3.85. The van der Waals surface area contributed by atoms with E-state index in [2.05, 4.69) is 208 Å². The number of hydrogen-bond donors (Lipinski definition) is 0. The minimum atomic E-state index is 0.108. The van der Waals surface area contributed by atoms with Gasteiger partial charge in [-0.05, 0) is 105 Å². The van der Waals surface area contributed by atoms with E-state index in [-0.39, 0.29) is 10.8 Å². The van der Waals surface area contributed by atoms with Crippen LogP contribution in [0, 0.1) is 0 Å². The highest BCUT2D eigenvalue weighted by molar-refractivity contribution is 7.26. The second kappa shape index (κ2) is 12.5. The average Bonchev–Trinajstić information content (AvgIpc) is 4.16. The van der Waals surface area contributed by atoms with E-state index in [1.54, 1.807) is 0 Å². The lowest BCUT2D eigenvalue weighted by molar-refractivity contribution is 0.590. The summed E-state index contributed by atoms with van der Waals surface area (Å²) in [7, 11) is 0. The highest BCUT2D eigenvalue weighted by Crippen LogP contribution is 2.52. The maximum atomic E-state index is 2.60. The average molecular weight is 881 g/mol. The molecule has 0 aliphatic rings. The Morgan fingerprint density at radius 2 is 0.697 bits per heavy atom. The molecule has 0 N–H and O–H groups in total. The van der Waals surface area contributed by atoms with Crippen LogP contribution in [0.15, 0.2) is 158 Å². The number of thiophene rings is 2. The van der Waals surface area contributed by atoms with E-state index in [0.717, 1.165) is 0 Å². The molecule has 0 aliphatic heterocycles. The molecule has 15 rings (SSSR count). The summed E-state index contributed by atoms with van der Waals surface area (Å²) in [5, 5.41) is 16.1. The Balaban J connectivity index is 1.06. The molecule has 4 heteroatoms. The van der Waals surface area contributed by atoms with Crippen LogP contribution >= 0.6 is 22.7 Å². The van der Waals surface area contributed by atoms with Crippen molar-refractivity contribution in [3.05, 3.63) is 169 Å². The van der Waals surface area contributed by atoms with E-state index in [1.807, 2.05) is 22.7 Å². The van der Waals surface area contributed by atoms with E-state index in [0.29, 0.717) is 0 Å². The quantitative estimate of drug-likeness (QED) is 0.164. The number of aromatic nitrogens is 2. The molecule has 0 fully saturated rings.